The summed E-state index contributed by atoms with van der Waals surface area (Å²) in [6.45, 7) is 0. The Morgan fingerprint density at radius 3 is 1.96 bits per heavy atom. The molecule has 0 N–H and O–H groups in total. The molecule has 0 saturated carbocycles. The van der Waals surface area contributed by atoms with Gasteiger partial charge in [0.1, 0.15) is 4.90 Å². The van der Waals surface area contributed by atoms with Crippen molar-refractivity contribution in [3.05, 3.63) is 64.2 Å². The highest BCUT2D eigenvalue weighted by Crippen LogP contribution is 3.02. The fourth-order valence-corrected chi connectivity index (χ4v) is 4.62. The molecular formula is C13H10F5NO4S2. The van der Waals surface area contributed by atoms with Crippen molar-refractivity contribution in [3.8, 4) is 0 Å². The van der Waals surface area contributed by atoms with Crippen LogP contribution in [0.2, 0.25) is 0 Å². The van der Waals surface area contributed by atoms with Gasteiger partial charge in [-0.2, -0.15) is 0 Å². The van der Waals surface area contributed by atoms with Gasteiger partial charge in [0.2, 0.25) is 0 Å². The normalized spacial score (nSPS) is 15.2. The van der Waals surface area contributed by atoms with Crippen LogP contribution in [-0.2, 0) is 15.6 Å². The summed E-state index contributed by atoms with van der Waals surface area (Å²) in [6.07, 6.45) is 0. The van der Waals surface area contributed by atoms with Crippen LogP contribution >= 0.6 is 10.2 Å². The second-order valence-electron chi connectivity index (χ2n) is 5.05. The van der Waals surface area contributed by atoms with E-state index in [1.807, 2.05) is 0 Å². The van der Waals surface area contributed by atoms with E-state index in [2.05, 4.69) is 0 Å². The molecule has 138 valence electrons. The molecular weight excluding hydrogens is 393 g/mol. The van der Waals surface area contributed by atoms with Gasteiger partial charge >= 0.3 is 10.2 Å². The van der Waals surface area contributed by atoms with Gasteiger partial charge in [0, 0.05) is 6.07 Å². The van der Waals surface area contributed by atoms with Crippen molar-refractivity contribution < 1.29 is 32.8 Å². The van der Waals surface area contributed by atoms with Gasteiger partial charge in [0.25, 0.3) is 5.69 Å². The molecule has 0 radical (unpaired) electrons. The number of rotatable bonds is 5. The van der Waals surface area contributed by atoms with Gasteiger partial charge in [-0.1, -0.05) is 43.7 Å². The third kappa shape index (κ3) is 4.25. The Kier molecular flexibility index (Phi) is 3.93. The lowest BCUT2D eigenvalue weighted by Gasteiger charge is -2.41. The molecule has 0 heterocycles. The molecule has 0 aromatic heterocycles. The first-order valence-electron chi connectivity index (χ1n) is 6.40. The molecule has 12 heteroatoms. The Hall–Kier alpha value is -2.21. The highest BCUT2D eigenvalue weighted by atomic mass is 32.5. The third-order valence-corrected chi connectivity index (χ3v) is 6.03. The largest absolute Gasteiger partial charge is 0.310 e. The zero-order chi connectivity index (χ0) is 19.2. The molecule has 0 aliphatic rings. The molecule has 2 aromatic carbocycles. The lowest BCUT2D eigenvalue weighted by molar-refractivity contribution is -0.385. The van der Waals surface area contributed by atoms with Crippen LogP contribution in [0.5, 0.6) is 0 Å². The second-order valence-corrected chi connectivity index (χ2v) is 9.42. The minimum atomic E-state index is -10.3. The van der Waals surface area contributed by atoms with E-state index in [1.165, 1.54) is 18.2 Å². The van der Waals surface area contributed by atoms with E-state index in [-0.39, 0.29) is 6.07 Å². The monoisotopic (exact) mass is 403 g/mol. The molecule has 0 saturated heterocycles. The van der Waals surface area contributed by atoms with Crippen LogP contribution in [0.15, 0.2) is 58.3 Å². The van der Waals surface area contributed by atoms with E-state index in [9.17, 15) is 38.0 Å². The minimum Gasteiger partial charge on any atom is -0.258 e. The van der Waals surface area contributed by atoms with Gasteiger partial charge in [0.05, 0.1) is 21.1 Å². The molecule has 5 nitrogen and oxygen atoms in total. The van der Waals surface area contributed by atoms with E-state index in [1.54, 1.807) is 0 Å². The molecule has 0 atom stereocenters. The molecule has 0 unspecified atom stereocenters. The Labute approximate surface area is 138 Å². The Morgan fingerprint density at radius 2 is 1.48 bits per heavy atom. The maximum absolute atomic E-state index is 13.2. The van der Waals surface area contributed by atoms with Crippen molar-refractivity contribution in [2.24, 2.45) is 0 Å². The summed E-state index contributed by atoms with van der Waals surface area (Å²) in [5, 5.41) is 10.9. The number of nitro benzene ring substituents is 1. The smallest absolute Gasteiger partial charge is 0.258 e. The summed E-state index contributed by atoms with van der Waals surface area (Å²) in [5.41, 5.74) is -2.93. The quantitative estimate of drug-likeness (QED) is 0.389. The minimum absolute atomic E-state index is 0.0512. The number of sulfone groups is 1. The van der Waals surface area contributed by atoms with Crippen molar-refractivity contribution >= 4 is 25.7 Å². The molecule has 0 aliphatic carbocycles. The van der Waals surface area contributed by atoms with Crippen LogP contribution in [-0.4, -0.2) is 13.3 Å². The van der Waals surface area contributed by atoms with Crippen LogP contribution in [0.25, 0.3) is 0 Å². The fourth-order valence-electron chi connectivity index (χ4n) is 2.13. The van der Waals surface area contributed by atoms with Gasteiger partial charge < -0.3 is 0 Å². The van der Waals surface area contributed by atoms with Crippen molar-refractivity contribution in [1.82, 2.24) is 0 Å². The maximum atomic E-state index is 13.2. The number of halogens is 5. The van der Waals surface area contributed by atoms with E-state index in [4.69, 9.17) is 0 Å². The van der Waals surface area contributed by atoms with Gasteiger partial charge in [-0.25, -0.2) is 8.42 Å². The summed E-state index contributed by atoms with van der Waals surface area (Å²) in [5.74, 6) is -1.59. The summed E-state index contributed by atoms with van der Waals surface area (Å²) in [6, 6.07) is 7.00. The topological polar surface area (TPSA) is 77.3 Å². The molecule has 0 bridgehead atoms. The van der Waals surface area contributed by atoms with Crippen LogP contribution < -0.4 is 0 Å². The average molecular weight is 403 g/mol. The number of nitro groups is 1. The zero-order valence-corrected chi connectivity index (χ0v) is 13.7. The second kappa shape index (κ2) is 5.14. The third-order valence-electron chi connectivity index (χ3n) is 3.16. The van der Waals surface area contributed by atoms with E-state index in [0.717, 1.165) is 12.1 Å². The van der Waals surface area contributed by atoms with Crippen molar-refractivity contribution in [2.45, 2.75) is 15.5 Å². The van der Waals surface area contributed by atoms with Gasteiger partial charge in [-0.05, 0) is 18.2 Å². The van der Waals surface area contributed by atoms with Crippen molar-refractivity contribution in [1.29, 1.82) is 0 Å². The molecule has 0 fully saturated rings. The number of benzene rings is 2. The summed E-state index contributed by atoms with van der Waals surface area (Å²) < 4.78 is 90.5. The van der Waals surface area contributed by atoms with E-state index in [0.29, 0.717) is 12.1 Å². The number of hydrogen-bond donors (Lipinski definition) is 0. The van der Waals surface area contributed by atoms with Gasteiger partial charge in [-0.3, -0.25) is 10.1 Å². The van der Waals surface area contributed by atoms with Gasteiger partial charge in [0.15, 0.2) is 9.84 Å². The molecule has 25 heavy (non-hydrogen) atoms. The van der Waals surface area contributed by atoms with E-state index < -0.39 is 51.8 Å². The SMILES string of the molecule is O=[N+]([O-])c1cccc(S(F)(F)(F)(F)F)c1CS(=O)(=O)c1ccccc1. The first kappa shape index (κ1) is 19.1. The Bertz CT molecular complexity index is 944. The summed E-state index contributed by atoms with van der Waals surface area (Å²) in [4.78, 5) is 6.59. The lowest BCUT2D eigenvalue weighted by Crippen LogP contribution is -2.15. The molecule has 2 rings (SSSR count). The lowest BCUT2D eigenvalue weighted by atomic mass is 10.2. The Balaban J connectivity index is 2.75. The van der Waals surface area contributed by atoms with Crippen LogP contribution in [0.1, 0.15) is 5.56 Å². The summed E-state index contributed by atoms with van der Waals surface area (Å²) >= 11 is 0. The van der Waals surface area contributed by atoms with E-state index >= 15 is 0 Å². The maximum Gasteiger partial charge on any atom is 0.310 e. The Morgan fingerprint density at radius 1 is 0.920 bits per heavy atom. The highest BCUT2D eigenvalue weighted by molar-refractivity contribution is 8.45. The van der Waals surface area contributed by atoms with Crippen LogP contribution in [0.3, 0.4) is 0 Å². The number of hydrogen-bond acceptors (Lipinski definition) is 4. The van der Waals surface area contributed by atoms with Crippen LogP contribution in [0.4, 0.5) is 25.1 Å². The average Bonchev–Trinajstić information content (AvgIpc) is 2.45. The molecule has 0 amide bonds. The van der Waals surface area contributed by atoms with Crippen molar-refractivity contribution in [3.63, 3.8) is 0 Å². The predicted molar refractivity (Wildman–Crippen MR) is 81.8 cm³/mol. The molecule has 0 spiro atoms. The highest BCUT2D eigenvalue weighted by Gasteiger charge is 2.67. The first-order chi connectivity index (χ1) is 11.1. The first-order valence-corrected chi connectivity index (χ1v) is 10.0. The molecule has 0 aliphatic heterocycles. The zero-order valence-electron chi connectivity index (χ0n) is 12.1. The predicted octanol–water partition coefficient (Wildman–Crippen LogP) is 5.23. The summed E-state index contributed by atoms with van der Waals surface area (Å²) in [7, 11) is -14.9. The fraction of sp³-hybridized carbons (Fsp3) is 0.0769. The van der Waals surface area contributed by atoms with Crippen LogP contribution in [0, 0.1) is 10.1 Å². The standard InChI is InChI=1S/C13H10F5NO4S2/c14-25(15,16,17,18)13-8-4-7-12(19(20)21)11(13)9-24(22,23)10-5-2-1-3-6-10/h1-8H,9H2. The molecule has 2 aromatic rings. The van der Waals surface area contributed by atoms with Gasteiger partial charge in [-0.15, -0.1) is 0 Å². The number of nitrogens with zero attached hydrogens (tertiary/aromatic N) is 1. The van der Waals surface area contributed by atoms with Crippen molar-refractivity contribution in [2.75, 3.05) is 0 Å².